The molecule has 2 aliphatic rings. The summed E-state index contributed by atoms with van der Waals surface area (Å²) in [6.45, 7) is 2.58. The topological polar surface area (TPSA) is 136 Å². The number of aromatic nitrogens is 3. The largest absolute Gasteiger partial charge is 0.481 e. The molecule has 1 fully saturated rings. The molecule has 4 aromatic rings. The molecular weight excluding hydrogens is 608 g/mol. The van der Waals surface area contributed by atoms with E-state index in [2.05, 4.69) is 27.1 Å². The Morgan fingerprint density at radius 1 is 1.04 bits per heavy atom. The number of aryl methyl sites for hydroxylation is 2. The van der Waals surface area contributed by atoms with Gasteiger partial charge in [0.1, 0.15) is 5.56 Å². The fraction of sp³-hybridized carbons (Fsp3) is 0.324. The van der Waals surface area contributed by atoms with Crippen LogP contribution in [0, 0.1) is 6.92 Å². The van der Waals surface area contributed by atoms with Crippen LogP contribution in [0.5, 0.6) is 11.8 Å². The van der Waals surface area contributed by atoms with Gasteiger partial charge in [0, 0.05) is 60.5 Å². The third-order valence-corrected chi connectivity index (χ3v) is 9.10. The van der Waals surface area contributed by atoms with Gasteiger partial charge in [-0.25, -0.2) is 9.67 Å². The first-order chi connectivity index (χ1) is 22.2. The summed E-state index contributed by atoms with van der Waals surface area (Å²) in [5.41, 5.74) is 5.94. The molecule has 46 heavy (non-hydrogen) atoms. The van der Waals surface area contributed by atoms with E-state index in [9.17, 15) is 14.4 Å². The molecular formula is C34H35ClN6O5. The van der Waals surface area contributed by atoms with Crippen molar-refractivity contribution in [2.75, 3.05) is 26.1 Å². The second-order valence-electron chi connectivity index (χ2n) is 11.5. The number of hydrogen-bond donors (Lipinski definition) is 3. The fourth-order valence-electron chi connectivity index (χ4n) is 6.25. The van der Waals surface area contributed by atoms with Gasteiger partial charge in [-0.3, -0.25) is 14.4 Å². The van der Waals surface area contributed by atoms with Crippen LogP contribution in [0.15, 0.2) is 53.3 Å². The third-order valence-electron chi connectivity index (χ3n) is 8.69. The molecule has 238 valence electrons. The molecule has 1 aliphatic heterocycles. The molecule has 2 aromatic carbocycles. The fourth-order valence-corrected chi connectivity index (χ4v) is 6.58. The number of ether oxygens (including phenoxy) is 2. The smallest absolute Gasteiger partial charge is 0.279 e. The second kappa shape index (κ2) is 12.9. The Balaban J connectivity index is 1.29. The number of methoxy groups -OCH3 is 2. The monoisotopic (exact) mass is 642 g/mol. The van der Waals surface area contributed by atoms with Gasteiger partial charge in [0.15, 0.2) is 0 Å². The maximum absolute atomic E-state index is 13.2. The van der Waals surface area contributed by atoms with Crippen LogP contribution in [-0.2, 0) is 18.3 Å². The third kappa shape index (κ3) is 5.95. The van der Waals surface area contributed by atoms with Crippen molar-refractivity contribution < 1.29 is 19.1 Å². The van der Waals surface area contributed by atoms with Crippen molar-refractivity contribution in [1.82, 2.24) is 25.4 Å². The van der Waals surface area contributed by atoms with Crippen molar-refractivity contribution in [2.45, 2.75) is 44.7 Å². The number of amides is 2. The van der Waals surface area contributed by atoms with Crippen LogP contribution in [0.1, 0.15) is 52.4 Å². The average molecular weight is 643 g/mol. The van der Waals surface area contributed by atoms with E-state index in [4.69, 9.17) is 26.1 Å². The molecule has 2 unspecified atom stereocenters. The van der Waals surface area contributed by atoms with Crippen LogP contribution in [0.25, 0.3) is 22.4 Å². The molecule has 3 heterocycles. The zero-order valence-electron chi connectivity index (χ0n) is 26.1. The molecule has 2 atom stereocenters. The number of benzene rings is 2. The second-order valence-corrected chi connectivity index (χ2v) is 11.9. The van der Waals surface area contributed by atoms with Gasteiger partial charge in [0.25, 0.3) is 11.5 Å². The van der Waals surface area contributed by atoms with Gasteiger partial charge >= 0.3 is 0 Å². The van der Waals surface area contributed by atoms with E-state index < -0.39 is 11.5 Å². The van der Waals surface area contributed by atoms with Crippen LogP contribution in [0.4, 0.5) is 5.69 Å². The molecule has 0 bridgehead atoms. The molecule has 0 saturated carbocycles. The highest BCUT2D eigenvalue weighted by molar-refractivity contribution is 6.36. The number of halogens is 1. The lowest BCUT2D eigenvalue weighted by Gasteiger charge is -2.20. The maximum Gasteiger partial charge on any atom is 0.279 e. The van der Waals surface area contributed by atoms with Crippen molar-refractivity contribution in [2.24, 2.45) is 7.05 Å². The van der Waals surface area contributed by atoms with E-state index in [-0.39, 0.29) is 29.4 Å². The Morgan fingerprint density at radius 3 is 2.54 bits per heavy atom. The standard InChI is InChI=1S/C34H35ClN6O5/c1-18-21(7-6-10-25(18)38-32(43)24-16-29(45-3)40-41(2)34(24)44)22-8-5-9-23(31(22)35)27-15-19-11-13-26(30(19)33(39-27)46-4)36-17-20-12-14-28(42)37-20/h5-10,15-16,20,26,36H,11-14,17H2,1-4H3,(H,37,42)(H,38,43). The SMILES string of the molecule is COc1cc(C(=O)Nc2cccc(-c3cccc(-c4cc5c(c(OC)n4)C(NCC4CCC(=O)N4)CC5)c3Cl)c2C)c(=O)n(C)n1. The predicted molar refractivity (Wildman–Crippen MR) is 176 cm³/mol. The van der Waals surface area contributed by atoms with Crippen molar-refractivity contribution in [1.29, 1.82) is 0 Å². The summed E-state index contributed by atoms with van der Waals surface area (Å²) in [5, 5.41) is 14.0. The Morgan fingerprint density at radius 2 is 1.80 bits per heavy atom. The summed E-state index contributed by atoms with van der Waals surface area (Å²) in [7, 11) is 4.50. The van der Waals surface area contributed by atoms with Crippen LogP contribution >= 0.6 is 11.6 Å². The molecule has 0 radical (unpaired) electrons. The number of fused-ring (bicyclic) bond motifs is 1. The first-order valence-corrected chi connectivity index (χ1v) is 15.5. The Hall–Kier alpha value is -4.74. The number of carbonyl (C=O) groups is 2. The van der Waals surface area contributed by atoms with Gasteiger partial charge in [-0.1, -0.05) is 41.9 Å². The van der Waals surface area contributed by atoms with Gasteiger partial charge < -0.3 is 25.4 Å². The van der Waals surface area contributed by atoms with Crippen molar-refractivity contribution in [3.8, 4) is 34.1 Å². The molecule has 11 nitrogen and oxygen atoms in total. The molecule has 1 aliphatic carbocycles. The summed E-state index contributed by atoms with van der Waals surface area (Å²) in [6, 6.07) is 14.9. The van der Waals surface area contributed by atoms with Crippen molar-refractivity contribution in [3.05, 3.63) is 86.2 Å². The van der Waals surface area contributed by atoms with Crippen molar-refractivity contribution in [3.63, 3.8) is 0 Å². The normalized spacial score (nSPS) is 17.0. The van der Waals surface area contributed by atoms with Gasteiger partial charge in [0.05, 0.1) is 24.9 Å². The number of hydrogen-bond acceptors (Lipinski definition) is 8. The van der Waals surface area contributed by atoms with Gasteiger partial charge in [-0.15, -0.1) is 5.10 Å². The minimum Gasteiger partial charge on any atom is -0.481 e. The van der Waals surface area contributed by atoms with E-state index >= 15 is 0 Å². The predicted octanol–water partition coefficient (Wildman–Crippen LogP) is 4.60. The van der Waals surface area contributed by atoms with Crippen molar-refractivity contribution >= 4 is 29.1 Å². The number of anilines is 1. The quantitative estimate of drug-likeness (QED) is 0.241. The van der Waals surface area contributed by atoms with Gasteiger partial charge in [-0.2, -0.15) is 0 Å². The lowest BCUT2D eigenvalue weighted by Crippen LogP contribution is -2.36. The van der Waals surface area contributed by atoms with Gasteiger partial charge in [-0.05, 0) is 55.0 Å². The lowest BCUT2D eigenvalue weighted by molar-refractivity contribution is -0.119. The molecule has 2 amide bonds. The zero-order chi connectivity index (χ0) is 32.5. The highest BCUT2D eigenvalue weighted by atomic mass is 35.5. The summed E-state index contributed by atoms with van der Waals surface area (Å²) < 4.78 is 12.0. The summed E-state index contributed by atoms with van der Waals surface area (Å²) >= 11 is 7.10. The summed E-state index contributed by atoms with van der Waals surface area (Å²) in [6.07, 6.45) is 3.17. The molecule has 6 rings (SSSR count). The van der Waals surface area contributed by atoms with Crippen LogP contribution in [-0.4, -0.2) is 53.4 Å². The summed E-state index contributed by atoms with van der Waals surface area (Å²) in [4.78, 5) is 42.3. The van der Waals surface area contributed by atoms with E-state index in [1.807, 2.05) is 37.3 Å². The Labute approximate surface area is 271 Å². The number of carbonyl (C=O) groups excluding carboxylic acids is 2. The summed E-state index contributed by atoms with van der Waals surface area (Å²) in [5.74, 6) is 0.242. The average Bonchev–Trinajstić information content (AvgIpc) is 3.67. The van der Waals surface area contributed by atoms with Gasteiger partial charge in [0.2, 0.25) is 17.7 Å². The molecule has 12 heteroatoms. The van der Waals surface area contributed by atoms with Crippen LogP contribution in [0.2, 0.25) is 5.02 Å². The molecule has 2 aromatic heterocycles. The van der Waals surface area contributed by atoms with E-state index in [0.717, 1.165) is 57.3 Å². The van der Waals surface area contributed by atoms with E-state index in [1.165, 1.54) is 20.2 Å². The maximum atomic E-state index is 13.2. The lowest BCUT2D eigenvalue weighted by atomic mass is 9.96. The van der Waals surface area contributed by atoms with Crippen LogP contribution < -0.4 is 31.0 Å². The first kappa shape index (κ1) is 31.3. The van der Waals surface area contributed by atoms with E-state index in [1.54, 1.807) is 13.2 Å². The minimum atomic E-state index is -0.573. The molecule has 0 spiro atoms. The Bertz CT molecular complexity index is 1910. The number of nitrogens with zero attached hydrogens (tertiary/aromatic N) is 3. The zero-order valence-corrected chi connectivity index (χ0v) is 26.8. The Kier molecular flexibility index (Phi) is 8.79. The van der Waals surface area contributed by atoms with Crippen LogP contribution in [0.3, 0.4) is 0 Å². The number of rotatable bonds is 9. The number of nitrogens with one attached hydrogen (secondary N) is 3. The minimum absolute atomic E-state index is 0.0832. The molecule has 3 N–H and O–H groups in total. The highest BCUT2D eigenvalue weighted by Crippen LogP contribution is 2.43. The molecule has 1 saturated heterocycles. The highest BCUT2D eigenvalue weighted by Gasteiger charge is 2.30. The first-order valence-electron chi connectivity index (χ1n) is 15.1. The number of pyridine rings is 1. The van der Waals surface area contributed by atoms with E-state index in [0.29, 0.717) is 35.2 Å².